The Bertz CT molecular complexity index is 751. The second-order valence-corrected chi connectivity index (χ2v) is 5.83. The number of methoxy groups -OCH3 is 1. The van der Waals surface area contributed by atoms with Crippen molar-refractivity contribution >= 4 is 33.0 Å². The summed E-state index contributed by atoms with van der Waals surface area (Å²) in [5, 5.41) is 3.39. The Morgan fingerprint density at radius 1 is 1.10 bits per heavy atom. The highest BCUT2D eigenvalue weighted by Crippen LogP contribution is 2.30. The van der Waals surface area contributed by atoms with Gasteiger partial charge in [0, 0.05) is 21.9 Å². The molecular weight excluding hydrogens is 304 g/mol. The van der Waals surface area contributed by atoms with Crippen molar-refractivity contribution in [3.63, 3.8) is 0 Å². The molecule has 0 unspecified atom stereocenters. The quantitative estimate of drug-likeness (QED) is 0.600. The van der Waals surface area contributed by atoms with Crippen LogP contribution in [0, 0.1) is 0 Å². The molecule has 2 aromatic carbocycles. The van der Waals surface area contributed by atoms with Crippen LogP contribution in [0.15, 0.2) is 47.8 Å². The van der Waals surface area contributed by atoms with Gasteiger partial charge in [-0.3, -0.25) is 0 Å². The van der Waals surface area contributed by atoms with Crippen LogP contribution in [0.4, 0.5) is 0 Å². The lowest BCUT2D eigenvalue weighted by Gasteiger charge is -2.11. The van der Waals surface area contributed by atoms with E-state index in [2.05, 4.69) is 23.6 Å². The van der Waals surface area contributed by atoms with Crippen LogP contribution in [0.1, 0.15) is 11.1 Å². The summed E-state index contributed by atoms with van der Waals surface area (Å²) >= 11 is 7.70. The molecule has 0 saturated carbocycles. The molecule has 0 spiro atoms. The van der Waals surface area contributed by atoms with Gasteiger partial charge in [0.25, 0.3) is 0 Å². The summed E-state index contributed by atoms with van der Waals surface area (Å²) in [4.78, 5) is 0. The molecule has 0 N–H and O–H groups in total. The summed E-state index contributed by atoms with van der Waals surface area (Å²) in [6.45, 7) is 0.529. The van der Waals surface area contributed by atoms with Crippen LogP contribution < -0.4 is 9.47 Å². The fraction of sp³-hybridized carbons (Fsp3) is 0.176. The normalized spacial score (nSPS) is 10.8. The van der Waals surface area contributed by atoms with E-state index >= 15 is 0 Å². The second kappa shape index (κ2) is 6.37. The third-order valence-electron chi connectivity index (χ3n) is 3.36. The van der Waals surface area contributed by atoms with Crippen molar-refractivity contribution in [2.45, 2.75) is 12.5 Å². The van der Waals surface area contributed by atoms with Crippen molar-refractivity contribution in [2.24, 2.45) is 0 Å². The Kier molecular flexibility index (Phi) is 4.32. The predicted molar refractivity (Wildman–Crippen MR) is 88.7 cm³/mol. The van der Waals surface area contributed by atoms with Crippen molar-refractivity contribution in [3.05, 3.63) is 59.0 Å². The van der Waals surface area contributed by atoms with E-state index in [1.54, 1.807) is 18.4 Å². The maximum Gasteiger partial charge on any atom is 0.127 e. The zero-order valence-corrected chi connectivity index (χ0v) is 13.2. The number of alkyl halides is 1. The number of ether oxygens (including phenoxy) is 2. The summed E-state index contributed by atoms with van der Waals surface area (Å²) in [5.41, 5.74) is 2.16. The van der Waals surface area contributed by atoms with E-state index in [-0.39, 0.29) is 0 Å². The van der Waals surface area contributed by atoms with Gasteiger partial charge >= 0.3 is 0 Å². The fourth-order valence-electron chi connectivity index (χ4n) is 2.21. The van der Waals surface area contributed by atoms with Gasteiger partial charge in [0.15, 0.2) is 0 Å². The second-order valence-electron chi connectivity index (χ2n) is 4.65. The first kappa shape index (κ1) is 14.2. The Balaban J connectivity index is 1.84. The maximum atomic E-state index is 5.97. The monoisotopic (exact) mass is 318 g/mol. The molecule has 0 saturated heterocycles. The highest BCUT2D eigenvalue weighted by Gasteiger charge is 2.08. The minimum atomic E-state index is 0.420. The predicted octanol–water partition coefficient (Wildman–Crippen LogP) is 5.23. The van der Waals surface area contributed by atoms with Gasteiger partial charge < -0.3 is 9.47 Å². The van der Waals surface area contributed by atoms with Gasteiger partial charge in [0.1, 0.15) is 18.1 Å². The van der Waals surface area contributed by atoms with Gasteiger partial charge in [-0.05, 0) is 22.9 Å². The molecule has 3 rings (SSSR count). The van der Waals surface area contributed by atoms with E-state index in [0.717, 1.165) is 17.1 Å². The smallest absolute Gasteiger partial charge is 0.127 e. The van der Waals surface area contributed by atoms with Crippen LogP contribution in [0.3, 0.4) is 0 Å². The number of benzene rings is 2. The molecule has 0 atom stereocenters. The molecule has 1 aromatic heterocycles. The lowest BCUT2D eigenvalue weighted by atomic mass is 10.2. The standard InChI is InChI=1S/C17H15ClO2S/c1-19-14-7-6-12(9-18)16(8-14)20-10-13-11-21-17-5-3-2-4-15(13)17/h2-8,11H,9-10H2,1H3. The third kappa shape index (κ3) is 2.99. The molecule has 108 valence electrons. The van der Waals surface area contributed by atoms with Crippen LogP contribution in [-0.2, 0) is 12.5 Å². The van der Waals surface area contributed by atoms with E-state index in [1.807, 2.05) is 24.3 Å². The highest BCUT2D eigenvalue weighted by atomic mass is 35.5. The largest absolute Gasteiger partial charge is 0.497 e. The van der Waals surface area contributed by atoms with E-state index in [1.165, 1.54) is 15.6 Å². The molecule has 0 aliphatic carbocycles. The van der Waals surface area contributed by atoms with Crippen molar-refractivity contribution in [1.29, 1.82) is 0 Å². The van der Waals surface area contributed by atoms with E-state index in [9.17, 15) is 0 Å². The minimum Gasteiger partial charge on any atom is -0.497 e. The zero-order chi connectivity index (χ0) is 14.7. The first-order valence-electron chi connectivity index (χ1n) is 6.62. The Morgan fingerprint density at radius 2 is 1.95 bits per heavy atom. The minimum absolute atomic E-state index is 0.420. The number of hydrogen-bond acceptors (Lipinski definition) is 3. The molecule has 0 amide bonds. The molecule has 1 heterocycles. The average molecular weight is 319 g/mol. The molecule has 4 heteroatoms. The molecule has 0 aliphatic heterocycles. The molecular formula is C17H15ClO2S. The van der Waals surface area contributed by atoms with Gasteiger partial charge in [0.05, 0.1) is 13.0 Å². The lowest BCUT2D eigenvalue weighted by Crippen LogP contribution is -1.98. The molecule has 0 bridgehead atoms. The van der Waals surface area contributed by atoms with Crippen LogP contribution in [0.25, 0.3) is 10.1 Å². The van der Waals surface area contributed by atoms with Crippen LogP contribution in [0.2, 0.25) is 0 Å². The lowest BCUT2D eigenvalue weighted by molar-refractivity contribution is 0.303. The number of halogens is 1. The Labute approximate surface area is 132 Å². The van der Waals surface area contributed by atoms with Gasteiger partial charge in [-0.25, -0.2) is 0 Å². The molecule has 0 radical (unpaired) electrons. The molecule has 2 nitrogen and oxygen atoms in total. The summed E-state index contributed by atoms with van der Waals surface area (Å²) in [7, 11) is 1.64. The average Bonchev–Trinajstić information content (AvgIpc) is 2.96. The first-order valence-corrected chi connectivity index (χ1v) is 8.04. The Hall–Kier alpha value is -1.71. The number of fused-ring (bicyclic) bond motifs is 1. The number of rotatable bonds is 5. The fourth-order valence-corrected chi connectivity index (χ4v) is 3.37. The van der Waals surface area contributed by atoms with E-state index in [4.69, 9.17) is 21.1 Å². The van der Waals surface area contributed by atoms with Gasteiger partial charge in [0.2, 0.25) is 0 Å². The van der Waals surface area contributed by atoms with E-state index in [0.29, 0.717) is 12.5 Å². The summed E-state index contributed by atoms with van der Waals surface area (Å²) in [5.74, 6) is 1.97. The van der Waals surface area contributed by atoms with Crippen molar-refractivity contribution in [2.75, 3.05) is 7.11 Å². The molecule has 0 aliphatic rings. The molecule has 3 aromatic rings. The van der Waals surface area contributed by atoms with Crippen LogP contribution in [0.5, 0.6) is 11.5 Å². The van der Waals surface area contributed by atoms with Crippen LogP contribution in [-0.4, -0.2) is 7.11 Å². The van der Waals surface area contributed by atoms with Crippen molar-refractivity contribution in [3.8, 4) is 11.5 Å². The highest BCUT2D eigenvalue weighted by molar-refractivity contribution is 7.17. The summed E-state index contributed by atoms with van der Waals surface area (Å²) < 4.78 is 12.5. The van der Waals surface area contributed by atoms with Gasteiger partial charge in [-0.2, -0.15) is 0 Å². The Morgan fingerprint density at radius 3 is 2.76 bits per heavy atom. The SMILES string of the molecule is COc1ccc(CCl)c(OCc2csc3ccccc23)c1. The van der Waals surface area contributed by atoms with Crippen molar-refractivity contribution in [1.82, 2.24) is 0 Å². The van der Waals surface area contributed by atoms with Crippen molar-refractivity contribution < 1.29 is 9.47 Å². The maximum absolute atomic E-state index is 5.97. The first-order chi connectivity index (χ1) is 10.3. The molecule has 21 heavy (non-hydrogen) atoms. The van der Waals surface area contributed by atoms with Gasteiger partial charge in [-0.15, -0.1) is 22.9 Å². The van der Waals surface area contributed by atoms with Gasteiger partial charge in [-0.1, -0.05) is 24.3 Å². The summed E-state index contributed by atoms with van der Waals surface area (Å²) in [6.07, 6.45) is 0. The van der Waals surface area contributed by atoms with E-state index < -0.39 is 0 Å². The van der Waals surface area contributed by atoms with Crippen LogP contribution >= 0.6 is 22.9 Å². The third-order valence-corrected chi connectivity index (χ3v) is 4.66. The topological polar surface area (TPSA) is 18.5 Å². The summed E-state index contributed by atoms with van der Waals surface area (Å²) in [6, 6.07) is 14.1. The zero-order valence-electron chi connectivity index (χ0n) is 11.6. The number of hydrogen-bond donors (Lipinski definition) is 0. The number of thiophene rings is 1. The molecule has 0 fully saturated rings.